The second-order valence-corrected chi connectivity index (χ2v) is 5.96. The van der Waals surface area contributed by atoms with E-state index in [1.54, 1.807) is 18.0 Å². The van der Waals surface area contributed by atoms with E-state index in [1.165, 1.54) is 35.6 Å². The minimum Gasteiger partial charge on any atom is -0.341 e. The number of nitrogens with zero attached hydrogens (tertiary/aromatic N) is 1. The standard InChI is InChI=1S/C16H17FN2O2S/c1-4-19(3)16(21)14-10(2)8-13(22-14)18-15(20)11-6-5-7-12(17)9-11/h5-9H,4H2,1-3H3,(H,18,20). The van der Waals surface area contributed by atoms with E-state index >= 15 is 0 Å². The molecule has 2 aromatic rings. The van der Waals surface area contributed by atoms with Gasteiger partial charge in [0.15, 0.2) is 0 Å². The molecule has 1 N–H and O–H groups in total. The lowest BCUT2D eigenvalue weighted by molar-refractivity contribution is 0.0806. The number of carbonyl (C=O) groups excluding carboxylic acids is 2. The molecule has 2 rings (SSSR count). The molecule has 0 saturated heterocycles. The summed E-state index contributed by atoms with van der Waals surface area (Å²) in [6, 6.07) is 7.22. The molecular formula is C16H17FN2O2S. The number of hydrogen-bond acceptors (Lipinski definition) is 3. The quantitative estimate of drug-likeness (QED) is 0.937. The lowest BCUT2D eigenvalue weighted by Crippen LogP contribution is -2.25. The molecule has 0 radical (unpaired) electrons. The first-order valence-corrected chi connectivity index (χ1v) is 7.66. The Morgan fingerprint density at radius 2 is 2.05 bits per heavy atom. The van der Waals surface area contributed by atoms with Gasteiger partial charge in [-0.1, -0.05) is 6.07 Å². The van der Waals surface area contributed by atoms with Crippen LogP contribution in [0.2, 0.25) is 0 Å². The van der Waals surface area contributed by atoms with Crippen LogP contribution in [-0.2, 0) is 0 Å². The van der Waals surface area contributed by atoms with Gasteiger partial charge >= 0.3 is 0 Å². The van der Waals surface area contributed by atoms with E-state index in [9.17, 15) is 14.0 Å². The minimum atomic E-state index is -0.463. The molecule has 2 amide bonds. The van der Waals surface area contributed by atoms with Gasteiger partial charge in [-0.3, -0.25) is 9.59 Å². The number of halogens is 1. The lowest BCUT2D eigenvalue weighted by atomic mass is 10.2. The van der Waals surface area contributed by atoms with E-state index < -0.39 is 11.7 Å². The molecule has 0 saturated carbocycles. The molecule has 4 nitrogen and oxygen atoms in total. The number of anilines is 1. The predicted octanol–water partition coefficient (Wildman–Crippen LogP) is 3.54. The lowest BCUT2D eigenvalue weighted by Gasteiger charge is -2.13. The van der Waals surface area contributed by atoms with Crippen molar-refractivity contribution in [2.45, 2.75) is 13.8 Å². The normalized spacial score (nSPS) is 10.4. The fraction of sp³-hybridized carbons (Fsp3) is 0.250. The summed E-state index contributed by atoms with van der Waals surface area (Å²) in [6.07, 6.45) is 0. The third kappa shape index (κ3) is 3.51. The second-order valence-electron chi connectivity index (χ2n) is 4.91. The van der Waals surface area contributed by atoms with Crippen molar-refractivity contribution in [3.63, 3.8) is 0 Å². The fourth-order valence-electron chi connectivity index (χ4n) is 1.89. The Morgan fingerprint density at radius 1 is 1.32 bits per heavy atom. The Morgan fingerprint density at radius 3 is 2.68 bits per heavy atom. The summed E-state index contributed by atoms with van der Waals surface area (Å²) in [6.45, 7) is 4.33. The molecule has 0 atom stereocenters. The third-order valence-corrected chi connectivity index (χ3v) is 4.40. The molecule has 0 fully saturated rings. The SMILES string of the molecule is CCN(C)C(=O)c1sc(NC(=O)c2cccc(F)c2)cc1C. The van der Waals surface area contributed by atoms with Crippen molar-refractivity contribution in [1.29, 1.82) is 0 Å². The first-order chi connectivity index (χ1) is 10.4. The average molecular weight is 320 g/mol. The van der Waals surface area contributed by atoms with Crippen LogP contribution in [0, 0.1) is 12.7 Å². The number of amides is 2. The van der Waals surface area contributed by atoms with E-state index in [0.29, 0.717) is 16.4 Å². The molecule has 0 bridgehead atoms. The number of nitrogens with one attached hydrogen (secondary N) is 1. The van der Waals surface area contributed by atoms with Crippen LogP contribution in [0.1, 0.15) is 32.5 Å². The van der Waals surface area contributed by atoms with E-state index in [1.807, 2.05) is 13.8 Å². The van der Waals surface area contributed by atoms with E-state index in [2.05, 4.69) is 5.32 Å². The Hall–Kier alpha value is -2.21. The van der Waals surface area contributed by atoms with Gasteiger partial charge in [0.25, 0.3) is 11.8 Å². The van der Waals surface area contributed by atoms with Crippen LogP contribution in [0.3, 0.4) is 0 Å². The molecule has 22 heavy (non-hydrogen) atoms. The molecule has 6 heteroatoms. The molecular weight excluding hydrogens is 303 g/mol. The van der Waals surface area contributed by atoms with Crippen molar-refractivity contribution in [3.8, 4) is 0 Å². The average Bonchev–Trinajstić information content (AvgIpc) is 2.86. The van der Waals surface area contributed by atoms with Gasteiger partial charge in [0.2, 0.25) is 0 Å². The molecule has 0 aliphatic rings. The predicted molar refractivity (Wildman–Crippen MR) is 86.0 cm³/mol. The minimum absolute atomic E-state index is 0.0729. The summed E-state index contributed by atoms with van der Waals surface area (Å²) in [7, 11) is 1.73. The Bertz CT molecular complexity index is 712. The van der Waals surface area contributed by atoms with Gasteiger partial charge in [-0.05, 0) is 43.7 Å². The summed E-state index contributed by atoms with van der Waals surface area (Å²) in [5.74, 6) is -0.935. The van der Waals surface area contributed by atoms with Crippen molar-refractivity contribution < 1.29 is 14.0 Å². The van der Waals surface area contributed by atoms with Crippen LogP contribution in [0.15, 0.2) is 30.3 Å². The van der Waals surface area contributed by atoms with Crippen molar-refractivity contribution in [1.82, 2.24) is 4.90 Å². The van der Waals surface area contributed by atoms with Crippen LogP contribution in [0.5, 0.6) is 0 Å². The first-order valence-electron chi connectivity index (χ1n) is 6.85. The highest BCUT2D eigenvalue weighted by Gasteiger charge is 2.18. The maximum absolute atomic E-state index is 13.1. The van der Waals surface area contributed by atoms with Crippen molar-refractivity contribution in [3.05, 3.63) is 52.2 Å². The van der Waals surface area contributed by atoms with Gasteiger partial charge in [0, 0.05) is 19.2 Å². The summed E-state index contributed by atoms with van der Waals surface area (Å²) >= 11 is 1.22. The van der Waals surface area contributed by atoms with Crippen LogP contribution in [-0.4, -0.2) is 30.3 Å². The first kappa shape index (κ1) is 16.2. The van der Waals surface area contributed by atoms with Crippen LogP contribution >= 0.6 is 11.3 Å². The number of thiophene rings is 1. The molecule has 1 aromatic heterocycles. The topological polar surface area (TPSA) is 49.4 Å². The molecule has 0 spiro atoms. The van der Waals surface area contributed by atoms with Crippen LogP contribution < -0.4 is 5.32 Å². The van der Waals surface area contributed by atoms with Gasteiger partial charge in [0.05, 0.1) is 9.88 Å². The zero-order chi connectivity index (χ0) is 16.3. The molecule has 0 aliphatic carbocycles. The number of carbonyl (C=O) groups is 2. The van der Waals surface area contributed by atoms with Crippen LogP contribution in [0.4, 0.5) is 9.39 Å². The maximum Gasteiger partial charge on any atom is 0.264 e. The summed E-state index contributed by atoms with van der Waals surface area (Å²) < 4.78 is 13.1. The van der Waals surface area contributed by atoms with Crippen molar-refractivity contribution in [2.75, 3.05) is 18.9 Å². The van der Waals surface area contributed by atoms with E-state index in [0.717, 1.165) is 5.56 Å². The maximum atomic E-state index is 13.1. The zero-order valence-electron chi connectivity index (χ0n) is 12.6. The highest BCUT2D eigenvalue weighted by atomic mass is 32.1. The Labute approximate surface area is 132 Å². The Balaban J connectivity index is 2.18. The van der Waals surface area contributed by atoms with E-state index in [4.69, 9.17) is 0 Å². The molecule has 1 heterocycles. The highest BCUT2D eigenvalue weighted by molar-refractivity contribution is 7.18. The molecule has 0 unspecified atom stereocenters. The van der Waals surface area contributed by atoms with Crippen molar-refractivity contribution in [2.24, 2.45) is 0 Å². The summed E-state index contributed by atoms with van der Waals surface area (Å²) in [5, 5.41) is 3.27. The Kier molecular flexibility index (Phi) is 4.92. The molecule has 116 valence electrons. The van der Waals surface area contributed by atoms with Crippen LogP contribution in [0.25, 0.3) is 0 Å². The van der Waals surface area contributed by atoms with Gasteiger partial charge in [-0.15, -0.1) is 11.3 Å². The molecule has 0 aliphatic heterocycles. The van der Waals surface area contributed by atoms with Crippen molar-refractivity contribution >= 4 is 28.2 Å². The second kappa shape index (κ2) is 6.70. The number of hydrogen-bond donors (Lipinski definition) is 1. The zero-order valence-corrected chi connectivity index (χ0v) is 13.5. The van der Waals surface area contributed by atoms with E-state index in [-0.39, 0.29) is 11.5 Å². The van der Waals surface area contributed by atoms with Gasteiger partial charge in [-0.2, -0.15) is 0 Å². The summed E-state index contributed by atoms with van der Waals surface area (Å²) in [5.41, 5.74) is 1.05. The molecule has 1 aromatic carbocycles. The smallest absolute Gasteiger partial charge is 0.264 e. The van der Waals surface area contributed by atoms with Gasteiger partial charge < -0.3 is 10.2 Å². The summed E-state index contributed by atoms with van der Waals surface area (Å²) in [4.78, 5) is 26.5. The highest BCUT2D eigenvalue weighted by Crippen LogP contribution is 2.28. The fourth-order valence-corrected chi connectivity index (χ4v) is 2.95. The largest absolute Gasteiger partial charge is 0.341 e. The third-order valence-electron chi connectivity index (χ3n) is 3.26. The van der Waals surface area contributed by atoms with Gasteiger partial charge in [-0.25, -0.2) is 4.39 Å². The number of aryl methyl sites for hydroxylation is 1. The van der Waals surface area contributed by atoms with Gasteiger partial charge in [0.1, 0.15) is 5.82 Å². The monoisotopic (exact) mass is 320 g/mol. The number of benzene rings is 1. The number of rotatable bonds is 4.